The number of hydrogen-bond acceptors (Lipinski definition) is 5. The molecule has 0 aliphatic carbocycles. The van der Waals surface area contributed by atoms with Crippen LogP contribution in [0.25, 0.3) is 18.0 Å². The Hall–Kier alpha value is -3.22. The molecular formula is C30H38FNO4. The summed E-state index contributed by atoms with van der Waals surface area (Å²) < 4.78 is 25.6. The van der Waals surface area contributed by atoms with E-state index in [1.54, 1.807) is 18.2 Å². The third-order valence-corrected chi connectivity index (χ3v) is 6.16. The highest BCUT2D eigenvalue weighted by Gasteiger charge is 2.31. The Morgan fingerprint density at radius 1 is 1.11 bits per heavy atom. The van der Waals surface area contributed by atoms with Crippen LogP contribution < -0.4 is 4.74 Å². The molecule has 2 aromatic rings. The van der Waals surface area contributed by atoms with Crippen LogP contribution in [0, 0.1) is 6.92 Å². The lowest BCUT2D eigenvalue weighted by Crippen LogP contribution is -2.39. The molecule has 1 unspecified atom stereocenters. The predicted octanol–water partition coefficient (Wildman–Crippen LogP) is 6.52. The van der Waals surface area contributed by atoms with E-state index in [0.717, 1.165) is 16.7 Å². The number of aliphatic hydroxyl groups is 2. The zero-order chi connectivity index (χ0) is 26.6. The Bertz CT molecular complexity index is 1120. The van der Waals surface area contributed by atoms with Gasteiger partial charge in [0.15, 0.2) is 0 Å². The van der Waals surface area contributed by atoms with Gasteiger partial charge < -0.3 is 19.7 Å². The van der Waals surface area contributed by atoms with E-state index in [2.05, 4.69) is 4.99 Å². The van der Waals surface area contributed by atoms with Crippen LogP contribution in [-0.2, 0) is 11.3 Å². The number of hydrogen-bond donors (Lipinski definition) is 2. The van der Waals surface area contributed by atoms with Crippen molar-refractivity contribution in [2.45, 2.75) is 52.2 Å². The van der Waals surface area contributed by atoms with E-state index in [0.29, 0.717) is 48.6 Å². The minimum absolute atomic E-state index is 0.169. The molecule has 0 aliphatic heterocycles. The van der Waals surface area contributed by atoms with E-state index in [-0.39, 0.29) is 12.4 Å². The zero-order valence-electron chi connectivity index (χ0n) is 21.9. The van der Waals surface area contributed by atoms with Gasteiger partial charge in [-0.25, -0.2) is 4.39 Å². The maximum atomic E-state index is 15.0. The number of aliphatic imine (C=N–C) groups is 1. The van der Waals surface area contributed by atoms with Gasteiger partial charge in [0.05, 0.1) is 20.8 Å². The van der Waals surface area contributed by atoms with Crippen molar-refractivity contribution < 1.29 is 24.1 Å². The summed E-state index contributed by atoms with van der Waals surface area (Å²) in [4.78, 5) is 4.27. The lowest BCUT2D eigenvalue weighted by atomic mass is 9.94. The second-order valence-electron chi connectivity index (χ2n) is 8.43. The highest BCUT2D eigenvalue weighted by molar-refractivity contribution is 5.84. The number of allylic oxidation sites excluding steroid dienone is 3. The first-order valence-electron chi connectivity index (χ1n) is 12.2. The first kappa shape index (κ1) is 29.0. The summed E-state index contributed by atoms with van der Waals surface area (Å²) in [6.45, 7) is 6.18. The Labute approximate surface area is 214 Å². The van der Waals surface area contributed by atoms with Crippen molar-refractivity contribution in [3.63, 3.8) is 0 Å². The standard InChI is InChI=1S/C30H38FNO4/c1-6-30(34,29(36-5)32-7-2)18-11-9-8-10-13-23-14-12-15-24(22(23)3)19-27(31)25-16-17-26(21-33)28(20-25)35-4/h8-10,12-17,19-20,33-34H,6-7,11,18,21H2,1-5H3/b9-8-,13-10+,27-19-,32-29+. The average molecular weight is 496 g/mol. The van der Waals surface area contributed by atoms with Gasteiger partial charge in [-0.3, -0.25) is 4.99 Å². The predicted molar refractivity (Wildman–Crippen MR) is 147 cm³/mol. The van der Waals surface area contributed by atoms with Gasteiger partial charge in [0, 0.05) is 17.7 Å². The van der Waals surface area contributed by atoms with Crippen LogP contribution in [0.4, 0.5) is 4.39 Å². The SMILES string of the molecule is CC/N=C(/OC)C(O)(CC)CC/C=C\C=C\c1cccc(/C=C(\F)c2ccc(CO)c(OC)c2)c1C. The maximum Gasteiger partial charge on any atom is 0.215 e. The Kier molecular flexibility index (Phi) is 11.6. The molecule has 0 bridgehead atoms. The normalized spacial score (nSPS) is 14.4. The number of halogens is 1. The Morgan fingerprint density at radius 3 is 2.50 bits per heavy atom. The van der Waals surface area contributed by atoms with E-state index in [4.69, 9.17) is 9.47 Å². The molecule has 0 heterocycles. The summed E-state index contributed by atoms with van der Waals surface area (Å²) in [6.07, 6.45) is 11.1. The Morgan fingerprint density at radius 2 is 1.86 bits per heavy atom. The topological polar surface area (TPSA) is 71.3 Å². The molecule has 0 saturated carbocycles. The molecule has 2 rings (SSSR count). The van der Waals surface area contributed by atoms with Crippen LogP contribution in [-0.4, -0.2) is 42.5 Å². The molecule has 1 atom stereocenters. The third-order valence-electron chi connectivity index (χ3n) is 6.16. The Balaban J connectivity index is 2.11. The molecule has 0 radical (unpaired) electrons. The second-order valence-corrected chi connectivity index (χ2v) is 8.43. The fraction of sp³-hybridized carbons (Fsp3) is 0.367. The molecular weight excluding hydrogens is 457 g/mol. The summed E-state index contributed by atoms with van der Waals surface area (Å²) in [6, 6.07) is 10.6. The first-order chi connectivity index (χ1) is 17.3. The molecule has 0 aromatic heterocycles. The molecule has 0 amide bonds. The van der Waals surface area contributed by atoms with Gasteiger partial charge in [0.1, 0.15) is 17.2 Å². The molecule has 0 aliphatic rings. The maximum absolute atomic E-state index is 15.0. The highest BCUT2D eigenvalue weighted by atomic mass is 19.1. The van der Waals surface area contributed by atoms with Crippen LogP contribution in [0.5, 0.6) is 5.75 Å². The average Bonchev–Trinajstić information content (AvgIpc) is 2.90. The summed E-state index contributed by atoms with van der Waals surface area (Å²) >= 11 is 0. The largest absolute Gasteiger partial charge is 0.496 e. The quantitative estimate of drug-likeness (QED) is 0.152. The molecule has 2 aromatic carbocycles. The molecule has 0 fully saturated rings. The molecule has 2 N–H and O–H groups in total. The lowest BCUT2D eigenvalue weighted by Gasteiger charge is -2.26. The van der Waals surface area contributed by atoms with Gasteiger partial charge in [-0.2, -0.15) is 0 Å². The van der Waals surface area contributed by atoms with E-state index in [9.17, 15) is 10.2 Å². The highest BCUT2D eigenvalue weighted by Crippen LogP contribution is 2.28. The minimum atomic E-state index is -1.07. The van der Waals surface area contributed by atoms with Crippen molar-refractivity contribution in [3.05, 3.63) is 82.4 Å². The fourth-order valence-corrected chi connectivity index (χ4v) is 3.89. The number of rotatable bonds is 12. The molecule has 194 valence electrons. The van der Waals surface area contributed by atoms with Crippen molar-refractivity contribution in [1.29, 1.82) is 0 Å². The van der Waals surface area contributed by atoms with Gasteiger partial charge >= 0.3 is 0 Å². The van der Waals surface area contributed by atoms with Crippen molar-refractivity contribution in [3.8, 4) is 5.75 Å². The fourth-order valence-electron chi connectivity index (χ4n) is 3.89. The zero-order valence-corrected chi connectivity index (χ0v) is 21.9. The van der Waals surface area contributed by atoms with Gasteiger partial charge in [-0.15, -0.1) is 0 Å². The second kappa shape index (κ2) is 14.4. The summed E-state index contributed by atoms with van der Waals surface area (Å²) in [5.41, 5.74) is 2.65. The van der Waals surface area contributed by atoms with Crippen LogP contribution in [0.3, 0.4) is 0 Å². The van der Waals surface area contributed by atoms with Gasteiger partial charge in [0.2, 0.25) is 5.90 Å². The summed E-state index contributed by atoms with van der Waals surface area (Å²) in [7, 11) is 3.03. The van der Waals surface area contributed by atoms with E-state index in [1.165, 1.54) is 20.3 Å². The van der Waals surface area contributed by atoms with Gasteiger partial charge in [-0.05, 0) is 61.9 Å². The lowest BCUT2D eigenvalue weighted by molar-refractivity contribution is 0.0735. The van der Waals surface area contributed by atoms with Crippen molar-refractivity contribution in [1.82, 2.24) is 0 Å². The molecule has 5 nitrogen and oxygen atoms in total. The molecule has 0 spiro atoms. The monoisotopic (exact) mass is 495 g/mol. The van der Waals surface area contributed by atoms with Crippen molar-refractivity contribution in [2.24, 2.45) is 4.99 Å². The van der Waals surface area contributed by atoms with E-state index >= 15 is 4.39 Å². The molecule has 6 heteroatoms. The summed E-state index contributed by atoms with van der Waals surface area (Å²) in [5, 5.41) is 20.2. The number of nitrogens with zero attached hydrogens (tertiary/aromatic N) is 1. The third kappa shape index (κ3) is 7.64. The van der Waals surface area contributed by atoms with Gasteiger partial charge in [-0.1, -0.05) is 61.6 Å². The van der Waals surface area contributed by atoms with E-state index in [1.807, 2.05) is 63.3 Å². The number of benzene rings is 2. The molecule has 0 saturated heterocycles. The van der Waals surface area contributed by atoms with Crippen molar-refractivity contribution >= 4 is 23.9 Å². The number of ether oxygens (including phenoxy) is 2. The van der Waals surface area contributed by atoms with Gasteiger partial charge in [0.25, 0.3) is 0 Å². The van der Waals surface area contributed by atoms with E-state index < -0.39 is 5.60 Å². The smallest absolute Gasteiger partial charge is 0.215 e. The van der Waals surface area contributed by atoms with Crippen LogP contribution >= 0.6 is 0 Å². The number of aliphatic hydroxyl groups excluding tert-OH is 1. The van der Waals surface area contributed by atoms with Crippen LogP contribution in [0.1, 0.15) is 60.9 Å². The number of methoxy groups -OCH3 is 2. The van der Waals surface area contributed by atoms with Crippen LogP contribution in [0.15, 0.2) is 59.6 Å². The first-order valence-corrected chi connectivity index (χ1v) is 12.2. The van der Waals surface area contributed by atoms with Crippen molar-refractivity contribution in [2.75, 3.05) is 20.8 Å². The van der Waals surface area contributed by atoms with Crippen LogP contribution in [0.2, 0.25) is 0 Å². The minimum Gasteiger partial charge on any atom is -0.496 e. The molecule has 36 heavy (non-hydrogen) atoms. The summed E-state index contributed by atoms with van der Waals surface area (Å²) in [5.74, 6) is 0.450.